The molecule has 0 aliphatic carbocycles. The molecule has 1 N–H and O–H groups in total. The summed E-state index contributed by atoms with van der Waals surface area (Å²) in [6, 6.07) is 4.82. The van der Waals surface area contributed by atoms with Gasteiger partial charge in [-0.2, -0.15) is 0 Å². The fraction of sp³-hybridized carbons (Fsp3) is 0. The molecule has 0 unspecified atom stereocenters. The van der Waals surface area contributed by atoms with Gasteiger partial charge in [0.15, 0.2) is 0 Å². The van der Waals surface area contributed by atoms with Gasteiger partial charge in [0.05, 0.1) is 21.7 Å². The number of carboxylic acids is 1. The first-order valence-corrected chi connectivity index (χ1v) is 6.72. The summed E-state index contributed by atoms with van der Waals surface area (Å²) in [7, 11) is 0. The number of rotatable bonds is 2. The minimum absolute atomic E-state index is 0.0321. The van der Waals surface area contributed by atoms with E-state index in [-0.39, 0.29) is 27.1 Å². The third-order valence-electron chi connectivity index (χ3n) is 3.32. The Hall–Kier alpha value is -2.60. The van der Waals surface area contributed by atoms with Crippen LogP contribution in [0.1, 0.15) is 10.4 Å². The molecule has 1 aromatic heterocycles. The van der Waals surface area contributed by atoms with Gasteiger partial charge in [-0.05, 0) is 23.8 Å². The number of fused-ring (bicyclic) bond motifs is 1. The highest BCUT2D eigenvalue weighted by Crippen LogP contribution is 2.35. The van der Waals surface area contributed by atoms with E-state index < -0.39 is 29.0 Å². The summed E-state index contributed by atoms with van der Waals surface area (Å²) >= 11 is 6.00. The number of carboxylic acid groups (broad SMARTS) is 1. The Morgan fingerprint density at radius 2 is 1.74 bits per heavy atom. The Morgan fingerprint density at radius 1 is 1.09 bits per heavy atom. The maximum absolute atomic E-state index is 14.0. The number of pyridine rings is 1. The molecule has 0 saturated carbocycles. The molecule has 23 heavy (non-hydrogen) atoms. The Balaban J connectivity index is 2.41. The number of halogens is 4. The molecule has 3 nitrogen and oxygen atoms in total. The second-order valence-electron chi connectivity index (χ2n) is 4.76. The van der Waals surface area contributed by atoms with Crippen LogP contribution in [-0.2, 0) is 0 Å². The zero-order valence-electron chi connectivity index (χ0n) is 11.3. The quantitative estimate of drug-likeness (QED) is 0.739. The normalized spacial score (nSPS) is 11.0. The van der Waals surface area contributed by atoms with Gasteiger partial charge in [0, 0.05) is 23.7 Å². The van der Waals surface area contributed by atoms with Crippen molar-refractivity contribution in [2.75, 3.05) is 0 Å². The fourth-order valence-electron chi connectivity index (χ4n) is 2.35. The van der Waals surface area contributed by atoms with Gasteiger partial charge in [-0.1, -0.05) is 11.6 Å². The zero-order chi connectivity index (χ0) is 16.7. The maximum Gasteiger partial charge on any atom is 0.335 e. The first-order valence-electron chi connectivity index (χ1n) is 6.35. The largest absolute Gasteiger partial charge is 0.478 e. The number of nitrogens with zero attached hydrogens (tertiary/aromatic N) is 1. The van der Waals surface area contributed by atoms with Crippen molar-refractivity contribution in [2.45, 2.75) is 0 Å². The van der Waals surface area contributed by atoms with Gasteiger partial charge in [-0.15, -0.1) is 0 Å². The lowest BCUT2D eigenvalue weighted by Gasteiger charge is -2.10. The predicted octanol–water partition coefficient (Wildman–Crippen LogP) is 4.67. The van der Waals surface area contributed by atoms with Crippen molar-refractivity contribution < 1.29 is 23.1 Å². The van der Waals surface area contributed by atoms with Gasteiger partial charge in [0.1, 0.15) is 17.5 Å². The van der Waals surface area contributed by atoms with E-state index >= 15 is 0 Å². The number of hydrogen-bond acceptors (Lipinski definition) is 2. The Kier molecular flexibility index (Phi) is 3.69. The van der Waals surface area contributed by atoms with E-state index in [9.17, 15) is 18.0 Å². The smallest absolute Gasteiger partial charge is 0.335 e. The van der Waals surface area contributed by atoms with Crippen molar-refractivity contribution >= 4 is 28.5 Å². The topological polar surface area (TPSA) is 50.2 Å². The molecule has 3 rings (SSSR count). The van der Waals surface area contributed by atoms with Crippen molar-refractivity contribution in [1.82, 2.24) is 4.98 Å². The first kappa shape index (κ1) is 15.3. The molecule has 2 aromatic carbocycles. The molecule has 7 heteroatoms. The lowest BCUT2D eigenvalue weighted by molar-refractivity contribution is 0.0697. The van der Waals surface area contributed by atoms with Crippen molar-refractivity contribution in [3.8, 4) is 11.1 Å². The highest BCUT2D eigenvalue weighted by Gasteiger charge is 2.18. The number of hydrogen-bond donors (Lipinski definition) is 1. The molecular weight excluding hydrogens is 331 g/mol. The zero-order valence-corrected chi connectivity index (χ0v) is 12.0. The summed E-state index contributed by atoms with van der Waals surface area (Å²) in [5.74, 6) is -4.51. The number of aromatic nitrogens is 1. The number of benzene rings is 2. The minimum Gasteiger partial charge on any atom is -0.478 e. The van der Waals surface area contributed by atoms with Gasteiger partial charge in [-0.25, -0.2) is 18.0 Å². The summed E-state index contributed by atoms with van der Waals surface area (Å²) < 4.78 is 41.2. The molecule has 0 amide bonds. The third-order valence-corrected chi connectivity index (χ3v) is 3.61. The molecule has 0 atom stereocenters. The SMILES string of the molecule is O=C(O)c1cc(Cl)c2nccc(-c3c(F)cc(F)cc3F)c2c1. The van der Waals surface area contributed by atoms with Gasteiger partial charge in [0.25, 0.3) is 0 Å². The molecule has 0 radical (unpaired) electrons. The molecule has 0 saturated heterocycles. The molecule has 3 aromatic rings. The Morgan fingerprint density at radius 3 is 2.35 bits per heavy atom. The molecule has 0 fully saturated rings. The molecular formula is C16H7ClF3NO2. The van der Waals surface area contributed by atoms with Crippen LogP contribution in [-0.4, -0.2) is 16.1 Å². The lowest BCUT2D eigenvalue weighted by atomic mass is 9.98. The van der Waals surface area contributed by atoms with Crippen LogP contribution in [0.25, 0.3) is 22.0 Å². The van der Waals surface area contributed by atoms with E-state index in [4.69, 9.17) is 16.7 Å². The van der Waals surface area contributed by atoms with E-state index in [1.54, 1.807) is 0 Å². The molecule has 0 aliphatic heterocycles. The monoisotopic (exact) mass is 337 g/mol. The lowest BCUT2D eigenvalue weighted by Crippen LogP contribution is -1.99. The summed E-state index contributed by atoms with van der Waals surface area (Å²) in [5, 5.41) is 9.29. The highest BCUT2D eigenvalue weighted by molar-refractivity contribution is 6.35. The van der Waals surface area contributed by atoms with Crippen LogP contribution >= 0.6 is 11.6 Å². The molecule has 0 aliphatic rings. The van der Waals surface area contributed by atoms with E-state index in [1.807, 2.05) is 0 Å². The minimum atomic E-state index is -1.25. The fourth-order valence-corrected chi connectivity index (χ4v) is 2.62. The van der Waals surface area contributed by atoms with Crippen LogP contribution in [0.4, 0.5) is 13.2 Å². The Labute approximate surface area is 133 Å². The van der Waals surface area contributed by atoms with Crippen LogP contribution < -0.4 is 0 Å². The summed E-state index contributed by atoms with van der Waals surface area (Å²) in [4.78, 5) is 15.1. The molecule has 0 bridgehead atoms. The molecule has 1 heterocycles. The van der Waals surface area contributed by atoms with Gasteiger partial charge in [-0.3, -0.25) is 4.98 Å². The standard InChI is InChI=1S/C16H7ClF3NO2/c17-11-4-7(16(22)23)3-10-9(1-2-21-15(10)11)14-12(19)5-8(18)6-13(14)20/h1-6H,(H,22,23). The van der Waals surface area contributed by atoms with Gasteiger partial charge >= 0.3 is 5.97 Å². The molecule has 116 valence electrons. The van der Waals surface area contributed by atoms with Crippen LogP contribution in [0, 0.1) is 17.5 Å². The first-order chi connectivity index (χ1) is 10.9. The average Bonchev–Trinajstić information content (AvgIpc) is 2.46. The predicted molar refractivity (Wildman–Crippen MR) is 79.0 cm³/mol. The van der Waals surface area contributed by atoms with Crippen molar-refractivity contribution in [3.05, 3.63) is 64.6 Å². The maximum atomic E-state index is 14.0. The van der Waals surface area contributed by atoms with Crippen molar-refractivity contribution in [3.63, 3.8) is 0 Å². The highest BCUT2D eigenvalue weighted by atomic mass is 35.5. The summed E-state index contributed by atoms with van der Waals surface area (Å²) in [5.41, 5.74) is -0.399. The van der Waals surface area contributed by atoms with Crippen molar-refractivity contribution in [1.29, 1.82) is 0 Å². The second kappa shape index (κ2) is 5.55. The van der Waals surface area contributed by atoms with E-state index in [1.165, 1.54) is 24.4 Å². The van der Waals surface area contributed by atoms with Crippen LogP contribution in [0.2, 0.25) is 5.02 Å². The summed E-state index contributed by atoms with van der Waals surface area (Å²) in [6.45, 7) is 0. The number of carbonyl (C=O) groups is 1. The van der Waals surface area contributed by atoms with Crippen LogP contribution in [0.5, 0.6) is 0 Å². The molecule has 0 spiro atoms. The third kappa shape index (κ3) is 2.61. The van der Waals surface area contributed by atoms with E-state index in [2.05, 4.69) is 4.98 Å². The van der Waals surface area contributed by atoms with Gasteiger partial charge < -0.3 is 5.11 Å². The van der Waals surface area contributed by atoms with E-state index in [0.717, 1.165) is 0 Å². The average molecular weight is 338 g/mol. The second-order valence-corrected chi connectivity index (χ2v) is 5.17. The Bertz CT molecular complexity index is 936. The number of aromatic carboxylic acids is 1. The van der Waals surface area contributed by atoms with E-state index in [0.29, 0.717) is 12.1 Å². The van der Waals surface area contributed by atoms with Crippen molar-refractivity contribution in [2.24, 2.45) is 0 Å². The van der Waals surface area contributed by atoms with Crippen LogP contribution in [0.15, 0.2) is 36.5 Å². The van der Waals surface area contributed by atoms with Gasteiger partial charge in [0.2, 0.25) is 0 Å². The van der Waals surface area contributed by atoms with Crippen LogP contribution in [0.3, 0.4) is 0 Å². The summed E-state index contributed by atoms with van der Waals surface area (Å²) in [6.07, 6.45) is 1.28.